The molecule has 0 aliphatic carbocycles. The Morgan fingerprint density at radius 3 is 2.53 bits per heavy atom. The smallest absolute Gasteiger partial charge is 0.337 e. The van der Waals surface area contributed by atoms with Gasteiger partial charge in [0.25, 0.3) is 11.8 Å². The molecule has 36 heavy (non-hydrogen) atoms. The van der Waals surface area contributed by atoms with Crippen molar-refractivity contribution in [2.24, 2.45) is 10.7 Å². The number of amides is 1. The van der Waals surface area contributed by atoms with Crippen LogP contribution in [-0.2, 0) is 15.7 Å². The average Bonchev–Trinajstić information content (AvgIpc) is 2.80. The summed E-state index contributed by atoms with van der Waals surface area (Å²) in [5.41, 5.74) is 3.64. The molecular weight excluding hydrogens is 501 g/mol. The van der Waals surface area contributed by atoms with Gasteiger partial charge in [-0.15, -0.1) is 0 Å². The second-order valence-corrected chi connectivity index (χ2v) is 12.9. The van der Waals surface area contributed by atoms with Crippen LogP contribution in [0.2, 0.25) is 0 Å². The van der Waals surface area contributed by atoms with Gasteiger partial charge < -0.3 is 16.2 Å². The molecular formula is C22H25F3N6O4S. The third-order valence-corrected chi connectivity index (χ3v) is 10.9. The van der Waals surface area contributed by atoms with Crippen molar-refractivity contribution in [1.29, 1.82) is 0 Å². The number of carboxylic acid groups (broad SMARTS) is 1. The fourth-order valence-electron chi connectivity index (χ4n) is 4.51. The quantitative estimate of drug-likeness (QED) is 0.380. The van der Waals surface area contributed by atoms with Crippen LogP contribution in [0.4, 0.5) is 19.0 Å². The Morgan fingerprint density at radius 2 is 1.92 bits per heavy atom. The van der Waals surface area contributed by atoms with Gasteiger partial charge in [-0.3, -0.25) is 23.7 Å². The lowest BCUT2D eigenvalue weighted by Gasteiger charge is -2.56. The summed E-state index contributed by atoms with van der Waals surface area (Å²) in [7, 11) is -3.70. The molecule has 1 amide bonds. The third kappa shape index (κ3) is 4.03. The summed E-state index contributed by atoms with van der Waals surface area (Å²) < 4.78 is 59.5. The maximum absolute atomic E-state index is 15.1. The zero-order chi connectivity index (χ0) is 26.7. The Balaban J connectivity index is 1.75. The number of hydrogen-bond acceptors (Lipinski definition) is 7. The largest absolute Gasteiger partial charge is 0.478 e. The minimum absolute atomic E-state index is 0.0966. The predicted octanol–water partition coefficient (Wildman–Crippen LogP) is 1.86. The summed E-state index contributed by atoms with van der Waals surface area (Å²) in [5.74, 6) is -6.37. The van der Waals surface area contributed by atoms with Gasteiger partial charge >= 0.3 is 5.97 Å². The lowest BCUT2D eigenvalue weighted by molar-refractivity contribution is -0.0139. The van der Waals surface area contributed by atoms with Crippen molar-refractivity contribution in [3.8, 4) is 0 Å². The second kappa shape index (κ2) is 8.34. The molecule has 1 fully saturated rings. The normalized spacial score (nSPS) is 26.7. The van der Waals surface area contributed by atoms with Gasteiger partial charge in [-0.25, -0.2) is 22.9 Å². The first-order valence-electron chi connectivity index (χ1n) is 10.9. The zero-order valence-corrected chi connectivity index (χ0v) is 20.4. The number of thiol groups is 1. The number of fused-ring (bicyclic) bond motifs is 1. The Labute approximate surface area is 205 Å². The molecule has 0 spiro atoms. The van der Waals surface area contributed by atoms with Crippen LogP contribution in [0.3, 0.4) is 0 Å². The van der Waals surface area contributed by atoms with Gasteiger partial charge in [-0.2, -0.15) is 0 Å². The molecule has 14 heteroatoms. The Bertz CT molecular complexity index is 1330. The van der Waals surface area contributed by atoms with Crippen LogP contribution in [0, 0.1) is 5.82 Å². The molecule has 0 unspecified atom stereocenters. The summed E-state index contributed by atoms with van der Waals surface area (Å²) >= 11 is 0. The van der Waals surface area contributed by atoms with Crippen LogP contribution in [0.25, 0.3) is 0 Å². The van der Waals surface area contributed by atoms with Crippen LogP contribution in [-0.4, -0.2) is 59.5 Å². The summed E-state index contributed by atoms with van der Waals surface area (Å²) in [6.07, 6.45) is 0.169. The number of nitrogens with zero attached hydrogens (tertiary/aromatic N) is 3. The molecule has 0 bridgehead atoms. The molecule has 0 saturated carbocycles. The lowest BCUT2D eigenvalue weighted by atomic mass is 9.88. The third-order valence-electron chi connectivity index (χ3n) is 6.77. The maximum Gasteiger partial charge on any atom is 0.337 e. The number of nitrogens with two attached hydrogens (primary N) is 1. The molecule has 0 aromatic carbocycles. The summed E-state index contributed by atoms with van der Waals surface area (Å²) in [5, 5.41) is 10.0. The van der Waals surface area contributed by atoms with Gasteiger partial charge in [0.2, 0.25) is 0 Å². The zero-order valence-electron chi connectivity index (χ0n) is 19.6. The fraction of sp³-hybridized carbons (Fsp3) is 0.409. The number of aromatic carboxylic acids is 1. The van der Waals surface area contributed by atoms with Gasteiger partial charge in [0, 0.05) is 12.6 Å². The van der Waals surface area contributed by atoms with E-state index in [0.29, 0.717) is 0 Å². The molecule has 5 N–H and O–H groups in total. The number of carbonyl (C=O) groups is 2. The Hall–Kier alpha value is -3.39. The number of halogens is 3. The summed E-state index contributed by atoms with van der Waals surface area (Å²) in [4.78, 5) is 35.9. The van der Waals surface area contributed by atoms with Crippen molar-refractivity contribution >= 4 is 33.6 Å². The van der Waals surface area contributed by atoms with Crippen LogP contribution < -0.4 is 15.8 Å². The average molecular weight is 527 g/mol. The van der Waals surface area contributed by atoms with E-state index in [1.54, 1.807) is 13.8 Å². The number of nitrogens with one attached hydrogen (secondary N) is 2. The number of carboxylic acids is 1. The van der Waals surface area contributed by atoms with Crippen LogP contribution in [0.15, 0.2) is 35.5 Å². The second-order valence-electron chi connectivity index (χ2n) is 9.49. The number of pyridine rings is 2. The van der Waals surface area contributed by atoms with Crippen molar-refractivity contribution in [3.63, 3.8) is 0 Å². The van der Waals surface area contributed by atoms with Crippen molar-refractivity contribution < 1.29 is 32.1 Å². The van der Waals surface area contributed by atoms with Gasteiger partial charge in [0.15, 0.2) is 0 Å². The van der Waals surface area contributed by atoms with Crippen molar-refractivity contribution in [2.75, 3.05) is 11.9 Å². The van der Waals surface area contributed by atoms with E-state index in [4.69, 9.17) is 10.8 Å². The number of hydrogen-bond donors (Lipinski definition) is 5. The van der Waals surface area contributed by atoms with E-state index in [2.05, 4.69) is 25.0 Å². The maximum atomic E-state index is 15.1. The van der Waals surface area contributed by atoms with E-state index in [1.807, 2.05) is 0 Å². The molecule has 10 nitrogen and oxygen atoms in total. The SMILES string of the molecule is CC1(C)C(N)=N[C@](C)(c2nc(NC(=O)c3ccc(C(=O)O)cn3)ccc2F)[C@H]2CC(F)(F)CN[SH]21=O. The van der Waals surface area contributed by atoms with Crippen molar-refractivity contribution in [1.82, 2.24) is 14.7 Å². The monoisotopic (exact) mass is 526 g/mol. The first-order valence-corrected chi connectivity index (χ1v) is 12.6. The highest BCUT2D eigenvalue weighted by Gasteiger charge is 2.62. The number of rotatable bonds is 4. The van der Waals surface area contributed by atoms with Crippen LogP contribution in [0.5, 0.6) is 0 Å². The Morgan fingerprint density at radius 1 is 1.22 bits per heavy atom. The van der Waals surface area contributed by atoms with Gasteiger partial charge in [0.05, 0.1) is 22.1 Å². The molecule has 2 aliphatic rings. The van der Waals surface area contributed by atoms with Crippen LogP contribution in [0.1, 0.15) is 53.7 Å². The summed E-state index contributed by atoms with van der Waals surface area (Å²) in [6.45, 7) is 3.61. The number of amidine groups is 1. The summed E-state index contributed by atoms with van der Waals surface area (Å²) in [6, 6.07) is 4.50. The number of aliphatic imine (C=N–C) groups is 1. The van der Waals surface area contributed by atoms with E-state index in [9.17, 15) is 22.6 Å². The molecule has 4 heterocycles. The Kier molecular flexibility index (Phi) is 5.95. The van der Waals surface area contributed by atoms with E-state index in [1.165, 1.54) is 19.1 Å². The van der Waals surface area contributed by atoms with Gasteiger partial charge in [-0.05, 0) is 55.2 Å². The van der Waals surface area contributed by atoms with E-state index < -0.39 is 67.9 Å². The highest BCUT2D eigenvalue weighted by molar-refractivity contribution is 8.04. The molecule has 2 atom stereocenters. The standard InChI is InChI=1S/C22H25F3N6O4S/c1-20(2)19(26)31-21(3,14-8-22(24,25)10-28-36(14,20)35)16-12(23)5-7-15(29-16)30-17(32)13-6-4-11(9-27-13)18(33)34/h4-7,9,14,36H,8,10H2,1-3H3,(H2,26,31)(H,28,35)(H,33,34)(H,29,30,32)/t14-,21+/m1/s1. The predicted molar refractivity (Wildman–Crippen MR) is 127 cm³/mol. The number of alkyl halides is 2. The van der Waals surface area contributed by atoms with E-state index in [0.717, 1.165) is 18.3 Å². The number of carbonyl (C=O) groups excluding carboxylic acids is 1. The van der Waals surface area contributed by atoms with Crippen LogP contribution >= 0.6 is 0 Å². The molecule has 1 saturated heterocycles. The lowest BCUT2D eigenvalue weighted by Crippen LogP contribution is -2.72. The molecule has 2 aromatic heterocycles. The van der Waals surface area contributed by atoms with E-state index >= 15 is 4.39 Å². The molecule has 0 radical (unpaired) electrons. The molecule has 194 valence electrons. The highest BCUT2D eigenvalue weighted by Crippen LogP contribution is 2.50. The van der Waals surface area contributed by atoms with Crippen molar-refractivity contribution in [3.05, 3.63) is 53.2 Å². The molecule has 2 aromatic rings. The first kappa shape index (κ1) is 25.7. The number of anilines is 1. The fourth-order valence-corrected chi connectivity index (χ4v) is 8.17. The van der Waals surface area contributed by atoms with Crippen molar-refractivity contribution in [2.45, 2.75) is 48.7 Å². The highest BCUT2D eigenvalue weighted by atomic mass is 32.3. The molecule has 4 rings (SSSR count). The minimum Gasteiger partial charge on any atom is -0.478 e. The first-order chi connectivity index (χ1) is 16.6. The topological polar surface area (TPSA) is 160 Å². The minimum atomic E-state index is -3.70. The van der Waals surface area contributed by atoms with Gasteiger partial charge in [0.1, 0.15) is 34.4 Å². The van der Waals surface area contributed by atoms with E-state index in [-0.39, 0.29) is 22.9 Å². The van der Waals surface area contributed by atoms with Gasteiger partial charge in [-0.1, -0.05) is 0 Å². The molecule has 2 aliphatic heterocycles. The number of aromatic nitrogens is 2.